The second kappa shape index (κ2) is 11.1. The maximum Gasteiger partial charge on any atom is 0.343 e. The predicted molar refractivity (Wildman–Crippen MR) is 125 cm³/mol. The molecule has 0 bridgehead atoms. The van der Waals surface area contributed by atoms with E-state index in [2.05, 4.69) is 26.5 Å². The molecule has 164 valence electrons. The minimum Gasteiger partial charge on any atom is -0.497 e. The molecule has 0 aliphatic carbocycles. The fraction of sp³-hybridized carbons (Fsp3) is 0.125. The number of benzene rings is 3. The smallest absolute Gasteiger partial charge is 0.343 e. The van der Waals surface area contributed by atoms with Gasteiger partial charge in [-0.25, -0.2) is 10.2 Å². The highest BCUT2D eigenvalue weighted by atomic mass is 79.9. The monoisotopic (exact) mass is 496 g/mol. The van der Waals surface area contributed by atoms with E-state index in [4.69, 9.17) is 14.2 Å². The van der Waals surface area contributed by atoms with Crippen LogP contribution in [-0.2, 0) is 4.79 Å². The summed E-state index contributed by atoms with van der Waals surface area (Å²) in [6.07, 6.45) is 1.39. The summed E-state index contributed by atoms with van der Waals surface area (Å²) in [6, 6.07) is 19.0. The molecule has 0 saturated carbocycles. The molecular formula is C24H21BrN2O5. The van der Waals surface area contributed by atoms with Crippen molar-refractivity contribution in [3.05, 3.63) is 87.9 Å². The molecule has 0 fully saturated rings. The fourth-order valence-corrected chi connectivity index (χ4v) is 2.97. The third-order valence-electron chi connectivity index (χ3n) is 4.28. The van der Waals surface area contributed by atoms with Gasteiger partial charge in [0.25, 0.3) is 5.91 Å². The van der Waals surface area contributed by atoms with Gasteiger partial charge in [0.1, 0.15) is 17.2 Å². The third kappa shape index (κ3) is 6.68. The van der Waals surface area contributed by atoms with Gasteiger partial charge in [0, 0.05) is 10.0 Å². The summed E-state index contributed by atoms with van der Waals surface area (Å²) in [5.41, 5.74) is 4.37. The first-order valence-corrected chi connectivity index (χ1v) is 10.4. The van der Waals surface area contributed by atoms with E-state index in [1.807, 2.05) is 19.1 Å². The number of hydrogen-bond donors (Lipinski definition) is 1. The number of carbonyl (C=O) groups excluding carboxylic acids is 2. The first-order chi connectivity index (χ1) is 15.4. The molecular weight excluding hydrogens is 476 g/mol. The van der Waals surface area contributed by atoms with Crippen LogP contribution >= 0.6 is 15.9 Å². The standard InChI is InChI=1S/C24H21BrN2O5/c1-16-3-8-21(9-4-16)31-15-23(28)27-26-14-18-13-19(25)7-12-22(18)32-24(29)17-5-10-20(30-2)11-6-17/h3-14H,15H2,1-2H3,(H,27,28)/b26-14-. The summed E-state index contributed by atoms with van der Waals surface area (Å²) in [5, 5.41) is 3.94. The summed E-state index contributed by atoms with van der Waals surface area (Å²) >= 11 is 3.38. The van der Waals surface area contributed by atoms with E-state index in [1.54, 1.807) is 61.7 Å². The minimum atomic E-state index is -0.528. The minimum absolute atomic E-state index is 0.182. The molecule has 1 N–H and O–H groups in total. The van der Waals surface area contributed by atoms with E-state index >= 15 is 0 Å². The van der Waals surface area contributed by atoms with Crippen molar-refractivity contribution in [1.29, 1.82) is 0 Å². The van der Waals surface area contributed by atoms with E-state index < -0.39 is 11.9 Å². The number of hydrazone groups is 1. The molecule has 7 nitrogen and oxygen atoms in total. The lowest BCUT2D eigenvalue weighted by Crippen LogP contribution is -2.24. The number of halogens is 1. The van der Waals surface area contributed by atoms with Gasteiger partial charge >= 0.3 is 5.97 Å². The highest BCUT2D eigenvalue weighted by Gasteiger charge is 2.12. The van der Waals surface area contributed by atoms with Crippen LogP contribution in [0.5, 0.6) is 17.2 Å². The highest BCUT2D eigenvalue weighted by Crippen LogP contribution is 2.23. The normalized spacial score (nSPS) is 10.6. The van der Waals surface area contributed by atoms with Crippen LogP contribution in [0.4, 0.5) is 0 Å². The lowest BCUT2D eigenvalue weighted by atomic mass is 10.2. The number of ether oxygens (including phenoxy) is 3. The third-order valence-corrected chi connectivity index (χ3v) is 4.78. The Morgan fingerprint density at radius 3 is 2.38 bits per heavy atom. The Balaban J connectivity index is 1.61. The van der Waals surface area contributed by atoms with Crippen molar-refractivity contribution in [1.82, 2.24) is 5.43 Å². The van der Waals surface area contributed by atoms with Crippen molar-refractivity contribution in [3.63, 3.8) is 0 Å². The van der Waals surface area contributed by atoms with E-state index in [9.17, 15) is 9.59 Å². The topological polar surface area (TPSA) is 86.2 Å². The Morgan fingerprint density at radius 2 is 1.69 bits per heavy atom. The Morgan fingerprint density at radius 1 is 1.00 bits per heavy atom. The Bertz CT molecular complexity index is 1110. The number of carbonyl (C=O) groups is 2. The predicted octanol–water partition coefficient (Wildman–Crippen LogP) is 4.51. The maximum atomic E-state index is 12.5. The Kier molecular flexibility index (Phi) is 7.99. The molecule has 0 unspecified atom stereocenters. The van der Waals surface area contributed by atoms with Crippen LogP contribution in [0.2, 0.25) is 0 Å². The van der Waals surface area contributed by atoms with Crippen molar-refractivity contribution < 1.29 is 23.8 Å². The molecule has 8 heteroatoms. The molecule has 3 aromatic carbocycles. The number of hydrogen-bond acceptors (Lipinski definition) is 6. The fourth-order valence-electron chi connectivity index (χ4n) is 2.59. The Labute approximate surface area is 194 Å². The van der Waals surface area contributed by atoms with Gasteiger partial charge in [-0.1, -0.05) is 33.6 Å². The van der Waals surface area contributed by atoms with Gasteiger partial charge in [-0.2, -0.15) is 5.10 Å². The van der Waals surface area contributed by atoms with Crippen molar-refractivity contribution in [2.24, 2.45) is 5.10 Å². The average Bonchev–Trinajstić information content (AvgIpc) is 2.80. The van der Waals surface area contributed by atoms with Gasteiger partial charge in [0.2, 0.25) is 0 Å². The number of rotatable bonds is 8. The van der Waals surface area contributed by atoms with Crippen LogP contribution in [0.15, 0.2) is 76.3 Å². The second-order valence-corrected chi connectivity index (χ2v) is 7.61. The number of amides is 1. The molecule has 3 aromatic rings. The average molecular weight is 497 g/mol. The van der Waals surface area contributed by atoms with E-state index in [0.717, 1.165) is 10.0 Å². The zero-order chi connectivity index (χ0) is 22.9. The SMILES string of the molecule is COc1ccc(C(=O)Oc2ccc(Br)cc2/C=N\NC(=O)COc2ccc(C)cc2)cc1. The molecule has 0 aliphatic rings. The van der Waals surface area contributed by atoms with Gasteiger partial charge in [-0.05, 0) is 61.5 Å². The summed E-state index contributed by atoms with van der Waals surface area (Å²) in [6.45, 7) is 1.79. The van der Waals surface area contributed by atoms with Gasteiger partial charge in [0.05, 0.1) is 18.9 Å². The largest absolute Gasteiger partial charge is 0.497 e. The van der Waals surface area contributed by atoms with Crippen LogP contribution in [-0.4, -0.2) is 31.8 Å². The zero-order valence-corrected chi connectivity index (χ0v) is 19.1. The van der Waals surface area contributed by atoms with Crippen LogP contribution in [0.1, 0.15) is 21.5 Å². The number of nitrogens with one attached hydrogen (secondary N) is 1. The van der Waals surface area contributed by atoms with Gasteiger partial charge in [-0.3, -0.25) is 4.79 Å². The molecule has 32 heavy (non-hydrogen) atoms. The van der Waals surface area contributed by atoms with Crippen molar-refractivity contribution in [2.45, 2.75) is 6.92 Å². The first kappa shape index (κ1) is 23.0. The van der Waals surface area contributed by atoms with Crippen molar-refractivity contribution in [3.8, 4) is 17.2 Å². The lowest BCUT2D eigenvalue weighted by molar-refractivity contribution is -0.123. The second-order valence-electron chi connectivity index (χ2n) is 6.70. The lowest BCUT2D eigenvalue weighted by Gasteiger charge is -2.09. The first-order valence-electron chi connectivity index (χ1n) is 9.62. The zero-order valence-electron chi connectivity index (χ0n) is 17.5. The van der Waals surface area contributed by atoms with Crippen LogP contribution < -0.4 is 19.6 Å². The van der Waals surface area contributed by atoms with E-state index in [1.165, 1.54) is 6.21 Å². The number of methoxy groups -OCH3 is 1. The molecule has 1 amide bonds. The molecule has 0 heterocycles. The number of nitrogens with zero attached hydrogens (tertiary/aromatic N) is 1. The highest BCUT2D eigenvalue weighted by molar-refractivity contribution is 9.10. The van der Waals surface area contributed by atoms with Crippen LogP contribution in [0, 0.1) is 6.92 Å². The number of aryl methyl sites for hydroxylation is 1. The van der Waals surface area contributed by atoms with Crippen LogP contribution in [0.3, 0.4) is 0 Å². The summed E-state index contributed by atoms with van der Waals surface area (Å²) in [5.74, 6) is 0.575. The summed E-state index contributed by atoms with van der Waals surface area (Å²) in [7, 11) is 1.55. The van der Waals surface area contributed by atoms with Gasteiger partial charge < -0.3 is 14.2 Å². The summed E-state index contributed by atoms with van der Waals surface area (Å²) < 4.78 is 16.8. The van der Waals surface area contributed by atoms with E-state index in [-0.39, 0.29) is 6.61 Å². The summed E-state index contributed by atoms with van der Waals surface area (Å²) in [4.78, 5) is 24.5. The molecule has 0 atom stereocenters. The maximum absolute atomic E-state index is 12.5. The molecule has 0 radical (unpaired) electrons. The quantitative estimate of drug-likeness (QED) is 0.214. The van der Waals surface area contributed by atoms with Gasteiger partial charge in [-0.15, -0.1) is 0 Å². The van der Waals surface area contributed by atoms with Crippen molar-refractivity contribution >= 4 is 34.0 Å². The van der Waals surface area contributed by atoms with Gasteiger partial charge in [0.15, 0.2) is 6.61 Å². The molecule has 3 rings (SSSR count). The molecule has 0 aliphatic heterocycles. The van der Waals surface area contributed by atoms with Crippen LogP contribution in [0.25, 0.3) is 0 Å². The van der Waals surface area contributed by atoms with E-state index in [0.29, 0.717) is 28.4 Å². The Hall–Kier alpha value is -3.65. The number of esters is 1. The molecule has 0 saturated heterocycles. The molecule has 0 aromatic heterocycles. The molecule has 0 spiro atoms. The van der Waals surface area contributed by atoms with Crippen molar-refractivity contribution in [2.75, 3.05) is 13.7 Å².